The van der Waals surface area contributed by atoms with Gasteiger partial charge in [0.1, 0.15) is 5.75 Å². The Balaban J connectivity index is 2.47. The van der Waals surface area contributed by atoms with Crippen molar-refractivity contribution >= 4 is 20.6 Å². The average Bonchev–Trinajstić information content (AvgIpc) is 2.35. The highest BCUT2D eigenvalue weighted by atomic mass is 35.5. The van der Waals surface area contributed by atoms with Gasteiger partial charge in [0.2, 0.25) is 0 Å². The lowest BCUT2D eigenvalue weighted by Gasteiger charge is -2.14. The second-order valence-electron chi connectivity index (χ2n) is 5.24. The van der Waals surface area contributed by atoms with Gasteiger partial charge in [-0.25, -0.2) is 0 Å². The summed E-state index contributed by atoms with van der Waals surface area (Å²) in [5.74, 6) is 1.000. The van der Waals surface area contributed by atoms with E-state index in [1.54, 1.807) is 0 Å². The van der Waals surface area contributed by atoms with Crippen molar-refractivity contribution in [2.75, 3.05) is 0 Å². The molecule has 0 heterocycles. The Bertz CT molecular complexity index is 366. The first-order chi connectivity index (χ1) is 9.15. The Kier molecular flexibility index (Phi) is 8.23. The SMILES string of the molecule is CCCCCCCCc1c(Cl)cccc1O[Si](C)C. The summed E-state index contributed by atoms with van der Waals surface area (Å²) in [7, 11) is -0.726. The van der Waals surface area contributed by atoms with E-state index in [0.29, 0.717) is 0 Å². The van der Waals surface area contributed by atoms with E-state index >= 15 is 0 Å². The Morgan fingerprint density at radius 2 is 1.74 bits per heavy atom. The van der Waals surface area contributed by atoms with E-state index in [1.807, 2.05) is 12.1 Å². The maximum Gasteiger partial charge on any atom is 0.274 e. The Morgan fingerprint density at radius 1 is 1.05 bits per heavy atom. The van der Waals surface area contributed by atoms with E-state index in [1.165, 1.54) is 44.1 Å². The fourth-order valence-corrected chi connectivity index (χ4v) is 3.07. The Morgan fingerprint density at radius 3 is 2.42 bits per heavy atom. The summed E-state index contributed by atoms with van der Waals surface area (Å²) >= 11 is 6.31. The van der Waals surface area contributed by atoms with Crippen LogP contribution in [0.1, 0.15) is 51.0 Å². The third-order valence-electron chi connectivity index (χ3n) is 3.17. The van der Waals surface area contributed by atoms with E-state index in [9.17, 15) is 0 Å². The summed E-state index contributed by atoms with van der Waals surface area (Å²) in [5.41, 5.74) is 1.20. The van der Waals surface area contributed by atoms with E-state index in [-0.39, 0.29) is 0 Å². The van der Waals surface area contributed by atoms with Gasteiger partial charge in [-0.2, -0.15) is 0 Å². The first kappa shape index (κ1) is 16.6. The molecule has 1 nitrogen and oxygen atoms in total. The van der Waals surface area contributed by atoms with Crippen LogP contribution in [0, 0.1) is 0 Å². The molecule has 19 heavy (non-hydrogen) atoms. The number of halogens is 1. The highest BCUT2D eigenvalue weighted by Crippen LogP contribution is 2.28. The van der Waals surface area contributed by atoms with Gasteiger partial charge in [0, 0.05) is 10.6 Å². The molecule has 3 heteroatoms. The van der Waals surface area contributed by atoms with Gasteiger partial charge >= 0.3 is 0 Å². The van der Waals surface area contributed by atoms with Crippen LogP contribution >= 0.6 is 11.6 Å². The van der Waals surface area contributed by atoms with Crippen molar-refractivity contribution in [3.05, 3.63) is 28.8 Å². The van der Waals surface area contributed by atoms with Gasteiger partial charge < -0.3 is 4.43 Å². The van der Waals surface area contributed by atoms with Gasteiger partial charge in [0.25, 0.3) is 9.04 Å². The summed E-state index contributed by atoms with van der Waals surface area (Å²) in [5, 5.41) is 0.856. The van der Waals surface area contributed by atoms with Crippen LogP contribution < -0.4 is 4.43 Å². The minimum absolute atomic E-state index is 0.726. The molecule has 1 aromatic rings. The number of hydrogen-bond acceptors (Lipinski definition) is 1. The number of benzene rings is 1. The molecule has 0 N–H and O–H groups in total. The van der Waals surface area contributed by atoms with Gasteiger partial charge in [-0.3, -0.25) is 0 Å². The van der Waals surface area contributed by atoms with Crippen molar-refractivity contribution in [3.63, 3.8) is 0 Å². The summed E-state index contributed by atoms with van der Waals surface area (Å²) in [6, 6.07) is 6.00. The second-order valence-corrected chi connectivity index (χ2v) is 7.67. The van der Waals surface area contributed by atoms with Gasteiger partial charge in [-0.1, -0.05) is 56.7 Å². The molecule has 107 valence electrons. The monoisotopic (exact) mass is 297 g/mol. The van der Waals surface area contributed by atoms with Gasteiger partial charge in [-0.15, -0.1) is 0 Å². The van der Waals surface area contributed by atoms with Gasteiger partial charge in [-0.05, 0) is 38.1 Å². The topological polar surface area (TPSA) is 9.23 Å². The molecule has 0 saturated carbocycles. The van der Waals surface area contributed by atoms with Crippen LogP contribution in [0.4, 0.5) is 0 Å². The Hall–Kier alpha value is -0.473. The van der Waals surface area contributed by atoms with Crippen LogP contribution in [0.2, 0.25) is 18.1 Å². The molecule has 0 fully saturated rings. The standard InChI is InChI=1S/C16H26ClOSi/c1-4-5-6-7-8-9-11-14-15(17)12-10-13-16(14)18-19(2)3/h10,12-13H,4-9,11H2,1-3H3. The van der Waals surface area contributed by atoms with Crippen molar-refractivity contribution in [2.24, 2.45) is 0 Å². The second kappa shape index (κ2) is 9.43. The maximum atomic E-state index is 6.31. The molecule has 1 aromatic carbocycles. The van der Waals surface area contributed by atoms with Crippen LogP contribution in [-0.2, 0) is 6.42 Å². The largest absolute Gasteiger partial charge is 0.542 e. The molecule has 0 aliphatic heterocycles. The van der Waals surface area contributed by atoms with E-state index in [4.69, 9.17) is 16.0 Å². The third-order valence-corrected chi connectivity index (χ3v) is 4.15. The minimum Gasteiger partial charge on any atom is -0.542 e. The number of hydrogen-bond donors (Lipinski definition) is 0. The summed E-state index contributed by atoms with van der Waals surface area (Å²) < 4.78 is 5.94. The lowest BCUT2D eigenvalue weighted by atomic mass is 10.0. The van der Waals surface area contributed by atoms with Crippen molar-refractivity contribution in [2.45, 2.75) is 65.0 Å². The summed E-state index contributed by atoms with van der Waals surface area (Å²) in [6.07, 6.45) is 8.90. The first-order valence-electron chi connectivity index (χ1n) is 7.40. The molecule has 0 aromatic heterocycles. The fraction of sp³-hybridized carbons (Fsp3) is 0.625. The van der Waals surface area contributed by atoms with E-state index in [2.05, 4.69) is 26.1 Å². The van der Waals surface area contributed by atoms with Gasteiger partial charge in [0.05, 0.1) is 0 Å². The summed E-state index contributed by atoms with van der Waals surface area (Å²) in [4.78, 5) is 0. The molecule has 0 spiro atoms. The van der Waals surface area contributed by atoms with Crippen molar-refractivity contribution in [1.29, 1.82) is 0 Å². The molecule has 1 rings (SSSR count). The molecule has 0 aliphatic rings. The molecule has 0 atom stereocenters. The van der Waals surface area contributed by atoms with Crippen LogP contribution in [0.15, 0.2) is 18.2 Å². The lowest BCUT2D eigenvalue weighted by molar-refractivity contribution is 0.561. The average molecular weight is 298 g/mol. The van der Waals surface area contributed by atoms with Crippen molar-refractivity contribution in [1.82, 2.24) is 0 Å². The molecule has 0 bridgehead atoms. The lowest BCUT2D eigenvalue weighted by Crippen LogP contribution is -2.12. The molecular weight excluding hydrogens is 272 g/mol. The highest BCUT2D eigenvalue weighted by molar-refractivity contribution is 6.49. The van der Waals surface area contributed by atoms with Gasteiger partial charge in [0.15, 0.2) is 0 Å². The fourth-order valence-electron chi connectivity index (χ4n) is 2.18. The Labute approximate surface area is 125 Å². The smallest absolute Gasteiger partial charge is 0.274 e. The quantitative estimate of drug-likeness (QED) is 0.409. The predicted octanol–water partition coefficient (Wildman–Crippen LogP) is 5.87. The predicted molar refractivity (Wildman–Crippen MR) is 86.6 cm³/mol. The van der Waals surface area contributed by atoms with Crippen molar-refractivity contribution < 1.29 is 4.43 Å². The molecule has 0 aliphatic carbocycles. The molecule has 1 radical (unpaired) electrons. The number of unbranched alkanes of at least 4 members (excludes halogenated alkanes) is 5. The minimum atomic E-state index is -0.726. The number of rotatable bonds is 9. The highest BCUT2D eigenvalue weighted by Gasteiger charge is 2.10. The van der Waals surface area contributed by atoms with E-state index < -0.39 is 9.04 Å². The van der Waals surface area contributed by atoms with E-state index in [0.717, 1.165) is 17.2 Å². The van der Waals surface area contributed by atoms with Crippen LogP contribution in [0.3, 0.4) is 0 Å². The zero-order valence-electron chi connectivity index (χ0n) is 12.5. The van der Waals surface area contributed by atoms with Crippen molar-refractivity contribution in [3.8, 4) is 5.75 Å². The normalized spacial score (nSPS) is 11.0. The summed E-state index contributed by atoms with van der Waals surface area (Å²) in [6.45, 7) is 6.56. The zero-order chi connectivity index (χ0) is 14.1. The molecule has 0 unspecified atom stereocenters. The third kappa shape index (κ3) is 6.48. The maximum absolute atomic E-state index is 6.31. The van der Waals surface area contributed by atoms with Crippen LogP contribution in [0.25, 0.3) is 0 Å². The molecule has 0 saturated heterocycles. The molecule has 0 amide bonds. The van der Waals surface area contributed by atoms with Crippen LogP contribution in [0.5, 0.6) is 5.75 Å². The first-order valence-corrected chi connectivity index (χ1v) is 10.2. The zero-order valence-corrected chi connectivity index (χ0v) is 14.2. The van der Waals surface area contributed by atoms with Crippen LogP contribution in [-0.4, -0.2) is 9.04 Å². The molecular formula is C16H26ClOSi.